The van der Waals surface area contributed by atoms with Gasteiger partial charge in [-0.1, -0.05) is 53.5 Å². The molecule has 0 aliphatic carbocycles. The van der Waals surface area contributed by atoms with Crippen LogP contribution >= 0.6 is 23.2 Å². The van der Waals surface area contributed by atoms with E-state index in [1.165, 1.54) is 4.79 Å². The molecule has 0 atom stereocenters. The Bertz CT molecular complexity index is 1190. The van der Waals surface area contributed by atoms with E-state index in [4.69, 9.17) is 27.9 Å². The normalized spacial score (nSPS) is 11.3. The molecule has 0 aliphatic heterocycles. The van der Waals surface area contributed by atoms with E-state index in [0.717, 1.165) is 5.56 Å². The van der Waals surface area contributed by atoms with Gasteiger partial charge in [0.1, 0.15) is 5.69 Å². The first-order valence-electron chi connectivity index (χ1n) is 8.89. The summed E-state index contributed by atoms with van der Waals surface area (Å²) in [5.41, 5.74) is 2.42. The van der Waals surface area contributed by atoms with Gasteiger partial charge in [-0.3, -0.25) is 0 Å². The number of nitrogens with zero attached hydrogens (tertiary/aromatic N) is 4. The van der Waals surface area contributed by atoms with E-state index in [0.29, 0.717) is 26.9 Å². The van der Waals surface area contributed by atoms with Crippen molar-refractivity contribution in [1.82, 2.24) is 15.1 Å². The molecule has 0 unspecified atom stereocenters. The summed E-state index contributed by atoms with van der Waals surface area (Å²) in [5.74, 6) is -0.528. The van der Waals surface area contributed by atoms with Gasteiger partial charge in [-0.2, -0.15) is 0 Å². The highest BCUT2D eigenvalue weighted by atomic mass is 35.5. The zero-order valence-electron chi connectivity index (χ0n) is 15.4. The van der Waals surface area contributed by atoms with Crippen molar-refractivity contribution in [2.75, 3.05) is 0 Å². The number of rotatable bonds is 4. The van der Waals surface area contributed by atoms with Gasteiger partial charge in [0, 0.05) is 21.2 Å². The fraction of sp³-hybridized carbons (Fsp3) is 0. The Morgan fingerprint density at radius 2 is 1.43 bits per heavy atom. The number of hydrogen-bond donors (Lipinski definition) is 0. The molecule has 3 aromatic carbocycles. The third-order valence-electron chi connectivity index (χ3n) is 4.11. The van der Waals surface area contributed by atoms with Crippen LogP contribution in [0.2, 0.25) is 10.0 Å². The van der Waals surface area contributed by atoms with Gasteiger partial charge in [-0.15, -0.1) is 15.0 Å². The summed E-state index contributed by atoms with van der Waals surface area (Å²) in [6.45, 7) is 0. The number of benzene rings is 3. The molecule has 4 rings (SSSR count). The molecular weight excluding hydrogens is 423 g/mol. The van der Waals surface area contributed by atoms with Crippen LogP contribution in [0, 0.1) is 0 Å². The Labute approximate surface area is 182 Å². The number of carbonyl (C=O) groups is 1. The number of carbonyl (C=O) groups excluding carboxylic acids is 1. The summed E-state index contributed by atoms with van der Waals surface area (Å²) >= 11 is 11.9. The lowest BCUT2D eigenvalue weighted by atomic mass is 10.2. The zero-order valence-corrected chi connectivity index (χ0v) is 17.0. The molecule has 0 amide bonds. The van der Waals surface area contributed by atoms with Crippen LogP contribution in [0.4, 0.5) is 0 Å². The summed E-state index contributed by atoms with van der Waals surface area (Å²) in [7, 11) is 0. The van der Waals surface area contributed by atoms with E-state index in [2.05, 4.69) is 15.4 Å². The Balaban J connectivity index is 1.67. The Hall–Kier alpha value is -3.48. The third-order valence-corrected chi connectivity index (χ3v) is 4.61. The lowest BCUT2D eigenvalue weighted by Crippen LogP contribution is -2.15. The maximum absolute atomic E-state index is 12.6. The fourth-order valence-corrected chi connectivity index (χ4v) is 2.85. The van der Waals surface area contributed by atoms with E-state index in [-0.39, 0.29) is 5.90 Å². The van der Waals surface area contributed by atoms with E-state index in [1.54, 1.807) is 54.7 Å². The predicted molar refractivity (Wildman–Crippen MR) is 116 cm³/mol. The second-order valence-corrected chi connectivity index (χ2v) is 7.07. The molecule has 1 heterocycles. The number of ether oxygens (including phenoxy) is 1. The molecule has 0 fully saturated rings. The minimum atomic E-state index is -0.580. The van der Waals surface area contributed by atoms with E-state index >= 15 is 0 Å². The van der Waals surface area contributed by atoms with E-state index in [9.17, 15) is 4.79 Å². The van der Waals surface area contributed by atoms with Crippen molar-refractivity contribution in [2.45, 2.75) is 0 Å². The molecule has 30 heavy (non-hydrogen) atoms. The summed E-state index contributed by atoms with van der Waals surface area (Å²) in [6.07, 6.45) is 1.64. The van der Waals surface area contributed by atoms with Gasteiger partial charge >= 0.3 is 5.97 Å². The van der Waals surface area contributed by atoms with Crippen LogP contribution in [0.15, 0.2) is 90.2 Å². The molecule has 0 saturated carbocycles. The molecule has 0 spiro atoms. The summed E-state index contributed by atoms with van der Waals surface area (Å²) in [6, 6.07) is 22.7. The highest BCUT2D eigenvalue weighted by Gasteiger charge is 2.15. The number of hydrogen-bond acceptors (Lipinski definition) is 5. The molecule has 0 saturated heterocycles. The molecular formula is C22H14Cl2N4O2. The molecule has 148 valence electrons. The van der Waals surface area contributed by atoms with Gasteiger partial charge < -0.3 is 4.74 Å². The molecule has 8 heteroatoms. The highest BCUT2D eigenvalue weighted by molar-refractivity contribution is 6.31. The lowest BCUT2D eigenvalue weighted by Gasteiger charge is -2.08. The van der Waals surface area contributed by atoms with Gasteiger partial charge in [-0.25, -0.2) is 4.79 Å². The molecule has 0 radical (unpaired) electrons. The van der Waals surface area contributed by atoms with Crippen molar-refractivity contribution in [1.29, 1.82) is 0 Å². The summed E-state index contributed by atoms with van der Waals surface area (Å²) < 4.78 is 5.56. The molecule has 0 bridgehead atoms. The maximum Gasteiger partial charge on any atom is 0.344 e. The maximum atomic E-state index is 12.6. The van der Waals surface area contributed by atoms with Crippen molar-refractivity contribution in [2.24, 2.45) is 5.10 Å². The Morgan fingerprint density at radius 1 is 0.833 bits per heavy atom. The first kappa shape index (κ1) is 19.8. The van der Waals surface area contributed by atoms with E-state index in [1.807, 2.05) is 30.3 Å². The van der Waals surface area contributed by atoms with Gasteiger partial charge in [0.15, 0.2) is 0 Å². The molecule has 1 aromatic heterocycles. The quantitative estimate of drug-likeness (QED) is 0.246. The lowest BCUT2D eigenvalue weighted by molar-refractivity contribution is 0.0716. The Kier molecular flexibility index (Phi) is 5.88. The van der Waals surface area contributed by atoms with Gasteiger partial charge in [0.05, 0.1) is 11.8 Å². The van der Waals surface area contributed by atoms with E-state index < -0.39 is 5.97 Å². The van der Waals surface area contributed by atoms with Gasteiger partial charge in [-0.05, 0) is 53.7 Å². The van der Waals surface area contributed by atoms with Crippen LogP contribution in [0.5, 0.6) is 0 Å². The number of aromatic nitrogens is 3. The van der Waals surface area contributed by atoms with Gasteiger partial charge in [0.2, 0.25) is 5.90 Å². The summed E-state index contributed by atoms with van der Waals surface area (Å²) in [4.78, 5) is 13.9. The topological polar surface area (TPSA) is 69.4 Å². The predicted octanol–water partition coefficient (Wildman–Crippen LogP) is 5.32. The first-order valence-corrected chi connectivity index (χ1v) is 9.64. The van der Waals surface area contributed by atoms with Crippen LogP contribution in [-0.2, 0) is 4.74 Å². The minimum Gasteiger partial charge on any atom is -0.402 e. The monoisotopic (exact) mass is 436 g/mol. The van der Waals surface area contributed by atoms with Crippen LogP contribution in [0.25, 0.3) is 11.3 Å². The fourth-order valence-electron chi connectivity index (χ4n) is 2.60. The number of esters is 1. The summed E-state index contributed by atoms with van der Waals surface area (Å²) in [5, 5.41) is 13.5. The average molecular weight is 437 g/mol. The Morgan fingerprint density at radius 3 is 2.07 bits per heavy atom. The van der Waals surface area contributed by atoms with Crippen molar-refractivity contribution in [3.05, 3.63) is 106 Å². The van der Waals surface area contributed by atoms with Crippen LogP contribution < -0.4 is 0 Å². The van der Waals surface area contributed by atoms with Crippen molar-refractivity contribution < 1.29 is 9.53 Å². The second-order valence-electron chi connectivity index (χ2n) is 6.20. The molecule has 4 aromatic rings. The average Bonchev–Trinajstić information content (AvgIpc) is 3.23. The SMILES string of the molecule is O=C(O/C(=N/n1cc(-c2ccccc2)nn1)c1ccc(Cl)cc1)c1ccc(Cl)cc1. The molecule has 0 aliphatic rings. The minimum absolute atomic E-state index is 0.0520. The van der Waals surface area contributed by atoms with Crippen LogP contribution in [-0.4, -0.2) is 27.0 Å². The highest BCUT2D eigenvalue weighted by Crippen LogP contribution is 2.17. The smallest absolute Gasteiger partial charge is 0.344 e. The van der Waals surface area contributed by atoms with Crippen LogP contribution in [0.1, 0.15) is 15.9 Å². The van der Waals surface area contributed by atoms with Crippen molar-refractivity contribution in [3.63, 3.8) is 0 Å². The molecule has 0 N–H and O–H groups in total. The standard InChI is InChI=1S/C22H14Cl2N4O2/c23-18-10-6-16(7-11-18)21(30-22(29)17-8-12-19(24)13-9-17)26-28-14-20(25-27-28)15-4-2-1-3-5-15/h1-14H/b26-21+. The van der Waals surface area contributed by atoms with Crippen molar-refractivity contribution in [3.8, 4) is 11.3 Å². The van der Waals surface area contributed by atoms with Gasteiger partial charge in [0.25, 0.3) is 0 Å². The second kappa shape index (κ2) is 8.90. The zero-order chi connectivity index (χ0) is 20.9. The third kappa shape index (κ3) is 4.74. The largest absolute Gasteiger partial charge is 0.402 e. The first-order chi connectivity index (χ1) is 14.6. The van der Waals surface area contributed by atoms with Crippen LogP contribution in [0.3, 0.4) is 0 Å². The van der Waals surface area contributed by atoms with Crippen molar-refractivity contribution >= 4 is 35.1 Å². The number of halogens is 2. The molecule has 6 nitrogen and oxygen atoms in total.